The van der Waals surface area contributed by atoms with Crippen LogP contribution in [0.25, 0.3) is 0 Å². The molecule has 0 N–H and O–H groups in total. The maximum Gasteiger partial charge on any atom is 0.253 e. The third-order valence-corrected chi connectivity index (χ3v) is 8.57. The Morgan fingerprint density at radius 3 is 2.36 bits per heavy atom. The van der Waals surface area contributed by atoms with Gasteiger partial charge in [0.15, 0.2) is 5.78 Å². The second kappa shape index (κ2) is 9.58. The van der Waals surface area contributed by atoms with Crippen LogP contribution in [0.4, 0.5) is 10.1 Å². The van der Waals surface area contributed by atoms with E-state index < -0.39 is 11.5 Å². The largest absolute Gasteiger partial charge is 0.306 e. The molecule has 5 heteroatoms. The monoisotopic (exact) mass is 518 g/mol. The molecular formula is C34H31FN2O2. The second-order valence-corrected chi connectivity index (χ2v) is 10.9. The zero-order chi connectivity index (χ0) is 27.3. The van der Waals surface area contributed by atoms with Gasteiger partial charge < -0.3 is 4.90 Å². The molecule has 0 unspecified atom stereocenters. The lowest BCUT2D eigenvalue weighted by atomic mass is 9.70. The first-order chi connectivity index (χ1) is 18.8. The lowest BCUT2D eigenvalue weighted by Gasteiger charge is -2.36. The lowest BCUT2D eigenvalue weighted by Crippen LogP contribution is -2.53. The maximum absolute atomic E-state index is 14.8. The van der Waals surface area contributed by atoms with Crippen LogP contribution in [0.3, 0.4) is 0 Å². The van der Waals surface area contributed by atoms with Crippen molar-refractivity contribution in [2.75, 3.05) is 18.5 Å². The summed E-state index contributed by atoms with van der Waals surface area (Å²) in [6.45, 7) is 5.03. The smallest absolute Gasteiger partial charge is 0.253 e. The van der Waals surface area contributed by atoms with E-state index in [-0.39, 0.29) is 23.4 Å². The molecule has 1 amide bonds. The van der Waals surface area contributed by atoms with E-state index >= 15 is 0 Å². The molecule has 2 aliphatic rings. The van der Waals surface area contributed by atoms with E-state index in [4.69, 9.17) is 0 Å². The molecule has 1 saturated heterocycles. The molecule has 6 rings (SSSR count). The van der Waals surface area contributed by atoms with Gasteiger partial charge in [-0.05, 0) is 55.8 Å². The number of ketones is 1. The molecule has 0 aromatic heterocycles. The van der Waals surface area contributed by atoms with Gasteiger partial charge >= 0.3 is 0 Å². The van der Waals surface area contributed by atoms with E-state index in [2.05, 4.69) is 36.9 Å². The summed E-state index contributed by atoms with van der Waals surface area (Å²) >= 11 is 0. The number of amides is 1. The van der Waals surface area contributed by atoms with Gasteiger partial charge in [0.1, 0.15) is 11.4 Å². The number of hydrogen-bond acceptors (Lipinski definition) is 3. The van der Waals surface area contributed by atoms with Gasteiger partial charge in [0.25, 0.3) is 5.91 Å². The van der Waals surface area contributed by atoms with Gasteiger partial charge in [0.05, 0.1) is 12.5 Å². The molecule has 4 aromatic rings. The van der Waals surface area contributed by atoms with Crippen molar-refractivity contribution in [3.8, 4) is 0 Å². The average molecular weight is 519 g/mol. The summed E-state index contributed by atoms with van der Waals surface area (Å²) in [6.07, 6.45) is 0. The number of benzene rings is 4. The van der Waals surface area contributed by atoms with Crippen LogP contribution < -0.4 is 4.90 Å². The Morgan fingerprint density at radius 2 is 1.62 bits per heavy atom. The predicted octanol–water partition coefficient (Wildman–Crippen LogP) is 6.41. The van der Waals surface area contributed by atoms with Gasteiger partial charge in [-0.15, -0.1) is 0 Å². The first-order valence-corrected chi connectivity index (χ1v) is 13.4. The van der Waals surface area contributed by atoms with Crippen molar-refractivity contribution in [2.45, 2.75) is 31.8 Å². The van der Waals surface area contributed by atoms with Crippen molar-refractivity contribution in [2.24, 2.45) is 5.92 Å². The Hall–Kier alpha value is -4.09. The van der Waals surface area contributed by atoms with E-state index in [9.17, 15) is 14.0 Å². The standard InChI is InChI=1S/C34H31FN2O2/c1-22-13-14-23(2)26(19-22)20-37-30-12-8-7-11-29(30)34(33(37)39)31(32(38)25-9-5-4-6-10-25)28(21-36(34)3)24-15-17-27(35)18-16-24/h4-19,28,31H,20-21H2,1-3H3/t28-,31+,34+/m1/s1. The summed E-state index contributed by atoms with van der Waals surface area (Å²) in [5.41, 5.74) is 5.26. The minimum atomic E-state index is -1.18. The fourth-order valence-corrected chi connectivity index (χ4v) is 6.66. The Kier molecular flexibility index (Phi) is 6.19. The fourth-order valence-electron chi connectivity index (χ4n) is 6.66. The van der Waals surface area contributed by atoms with Crippen LogP contribution >= 0.6 is 0 Å². The number of halogens is 1. The molecule has 0 aliphatic carbocycles. The highest BCUT2D eigenvalue weighted by molar-refractivity contribution is 6.13. The SMILES string of the molecule is Cc1ccc(C)c(CN2C(=O)[C@]3(c4ccccc42)[C@H](C(=O)c2ccccc2)[C@@H](c2ccc(F)cc2)CN3C)c1. The van der Waals surface area contributed by atoms with Crippen LogP contribution in [-0.2, 0) is 16.9 Å². The van der Waals surface area contributed by atoms with Crippen molar-refractivity contribution in [3.63, 3.8) is 0 Å². The topological polar surface area (TPSA) is 40.6 Å². The molecule has 0 bridgehead atoms. The number of likely N-dealkylation sites (N-methyl/N-ethyl adjacent to an activating group) is 1. The quantitative estimate of drug-likeness (QED) is 0.287. The summed E-state index contributed by atoms with van der Waals surface area (Å²) in [4.78, 5) is 33.2. The molecule has 196 valence electrons. The summed E-state index contributed by atoms with van der Waals surface area (Å²) in [5.74, 6) is -1.47. The van der Waals surface area contributed by atoms with Crippen LogP contribution in [0, 0.1) is 25.6 Å². The number of nitrogens with zero attached hydrogens (tertiary/aromatic N) is 2. The highest BCUT2D eigenvalue weighted by atomic mass is 19.1. The summed E-state index contributed by atoms with van der Waals surface area (Å²) < 4.78 is 13.9. The minimum absolute atomic E-state index is 0.0778. The molecule has 39 heavy (non-hydrogen) atoms. The number of rotatable bonds is 5. The molecule has 4 nitrogen and oxygen atoms in total. The van der Waals surface area contributed by atoms with Gasteiger partial charge in [-0.2, -0.15) is 0 Å². The molecule has 2 heterocycles. The van der Waals surface area contributed by atoms with Crippen molar-refractivity contribution in [1.29, 1.82) is 0 Å². The van der Waals surface area contributed by atoms with Gasteiger partial charge in [-0.1, -0.05) is 84.4 Å². The third-order valence-electron chi connectivity index (χ3n) is 8.57. The number of para-hydroxylation sites is 1. The van der Waals surface area contributed by atoms with Crippen molar-refractivity contribution in [3.05, 3.63) is 136 Å². The maximum atomic E-state index is 14.8. The Bertz CT molecular complexity index is 1570. The molecule has 1 fully saturated rings. The molecule has 0 radical (unpaired) electrons. The Morgan fingerprint density at radius 1 is 0.923 bits per heavy atom. The van der Waals surface area contributed by atoms with Crippen LogP contribution in [0.1, 0.15) is 44.1 Å². The fraction of sp³-hybridized carbons (Fsp3) is 0.235. The summed E-state index contributed by atoms with van der Waals surface area (Å²) in [5, 5.41) is 0. The zero-order valence-electron chi connectivity index (χ0n) is 22.4. The van der Waals surface area contributed by atoms with Crippen LogP contribution in [-0.4, -0.2) is 30.2 Å². The van der Waals surface area contributed by atoms with Gasteiger partial charge in [0, 0.05) is 29.3 Å². The first kappa shape index (κ1) is 25.2. The predicted molar refractivity (Wildman–Crippen MR) is 151 cm³/mol. The van der Waals surface area contributed by atoms with E-state index in [0.29, 0.717) is 18.7 Å². The van der Waals surface area contributed by atoms with Gasteiger partial charge in [-0.3, -0.25) is 14.5 Å². The third kappa shape index (κ3) is 3.92. The number of likely N-dealkylation sites (tertiary alicyclic amines) is 1. The number of aryl methyl sites for hydroxylation is 2. The number of anilines is 1. The van der Waals surface area contributed by atoms with Gasteiger partial charge in [-0.25, -0.2) is 4.39 Å². The van der Waals surface area contributed by atoms with Crippen LogP contribution in [0.15, 0.2) is 97.1 Å². The van der Waals surface area contributed by atoms with E-state index in [1.807, 2.05) is 66.5 Å². The van der Waals surface area contributed by atoms with E-state index in [0.717, 1.165) is 33.5 Å². The number of Topliss-reactive ketones (excluding diaryl/α,β-unsaturated/α-hetero) is 1. The molecular weight excluding hydrogens is 487 g/mol. The zero-order valence-corrected chi connectivity index (χ0v) is 22.4. The Balaban J connectivity index is 1.54. The van der Waals surface area contributed by atoms with Crippen LogP contribution in [0.2, 0.25) is 0 Å². The highest BCUT2D eigenvalue weighted by Crippen LogP contribution is 2.57. The summed E-state index contributed by atoms with van der Waals surface area (Å²) in [6, 6.07) is 29.7. The molecule has 2 aliphatic heterocycles. The number of fused-ring (bicyclic) bond motifs is 2. The molecule has 0 saturated carbocycles. The first-order valence-electron chi connectivity index (χ1n) is 13.4. The number of carbonyl (C=O) groups excluding carboxylic acids is 2. The number of hydrogen-bond donors (Lipinski definition) is 0. The van der Waals surface area contributed by atoms with Gasteiger partial charge in [0.2, 0.25) is 0 Å². The van der Waals surface area contributed by atoms with Crippen molar-refractivity contribution >= 4 is 17.4 Å². The van der Waals surface area contributed by atoms with E-state index in [1.165, 1.54) is 12.1 Å². The Labute approximate surface area is 228 Å². The normalized spacial score (nSPS) is 22.5. The lowest BCUT2D eigenvalue weighted by molar-refractivity contribution is -0.129. The number of carbonyl (C=O) groups is 2. The molecule has 4 aromatic carbocycles. The minimum Gasteiger partial charge on any atom is -0.306 e. The summed E-state index contributed by atoms with van der Waals surface area (Å²) in [7, 11) is 1.94. The van der Waals surface area contributed by atoms with Crippen molar-refractivity contribution in [1.82, 2.24) is 4.90 Å². The van der Waals surface area contributed by atoms with Crippen LogP contribution in [0.5, 0.6) is 0 Å². The molecule has 1 spiro atoms. The highest BCUT2D eigenvalue weighted by Gasteiger charge is 2.66. The van der Waals surface area contributed by atoms with Crippen molar-refractivity contribution < 1.29 is 14.0 Å². The van der Waals surface area contributed by atoms with E-state index in [1.54, 1.807) is 12.1 Å². The second-order valence-electron chi connectivity index (χ2n) is 10.9. The average Bonchev–Trinajstić information content (AvgIpc) is 3.39. The molecule has 3 atom stereocenters.